The van der Waals surface area contributed by atoms with Crippen molar-refractivity contribution in [2.45, 2.75) is 6.92 Å². The van der Waals surface area contributed by atoms with Gasteiger partial charge < -0.3 is 15.8 Å². The number of nitrogens with two attached hydrogens (primary N) is 1. The Morgan fingerprint density at radius 3 is 2.84 bits per heavy atom. The van der Waals surface area contributed by atoms with Crippen molar-refractivity contribution in [3.63, 3.8) is 0 Å². The number of nitrogens with one attached hydrogen (secondary N) is 1. The Morgan fingerprint density at radius 2 is 2.16 bits per heavy atom. The average molecular weight is 257 g/mol. The number of nitrogen functional groups attached to an aromatic ring is 1. The number of amides is 1. The highest BCUT2D eigenvalue weighted by atomic mass is 16.5. The van der Waals surface area contributed by atoms with Crippen LogP contribution in [0.3, 0.4) is 0 Å². The van der Waals surface area contributed by atoms with E-state index in [1.807, 2.05) is 13.0 Å². The number of benzene rings is 1. The molecule has 19 heavy (non-hydrogen) atoms. The second-order valence-electron chi connectivity index (χ2n) is 4.10. The number of hydrogen-bond acceptors (Lipinski definition) is 4. The maximum absolute atomic E-state index is 12.1. The van der Waals surface area contributed by atoms with Crippen LogP contribution in [0.4, 0.5) is 11.4 Å². The molecular formula is C14H15N3O2. The van der Waals surface area contributed by atoms with E-state index in [1.165, 1.54) is 13.3 Å². The van der Waals surface area contributed by atoms with Crippen LogP contribution in [-0.4, -0.2) is 18.0 Å². The van der Waals surface area contributed by atoms with E-state index in [2.05, 4.69) is 10.3 Å². The van der Waals surface area contributed by atoms with Crippen LogP contribution in [0.25, 0.3) is 0 Å². The second-order valence-corrected chi connectivity index (χ2v) is 4.10. The summed E-state index contributed by atoms with van der Waals surface area (Å²) in [7, 11) is 1.50. The average Bonchev–Trinajstić information content (AvgIpc) is 2.43. The molecule has 0 saturated carbocycles. The lowest BCUT2D eigenvalue weighted by Gasteiger charge is -2.09. The molecule has 98 valence electrons. The van der Waals surface area contributed by atoms with Gasteiger partial charge in [0.05, 0.1) is 18.9 Å². The highest BCUT2D eigenvalue weighted by molar-refractivity contribution is 6.06. The van der Waals surface area contributed by atoms with Crippen LogP contribution in [0.15, 0.2) is 36.7 Å². The molecule has 0 fully saturated rings. The van der Waals surface area contributed by atoms with Crippen molar-refractivity contribution >= 4 is 17.3 Å². The molecule has 0 aliphatic heterocycles. The molecule has 3 N–H and O–H groups in total. The fourth-order valence-electron chi connectivity index (χ4n) is 1.65. The summed E-state index contributed by atoms with van der Waals surface area (Å²) in [4.78, 5) is 16.0. The van der Waals surface area contributed by atoms with Crippen LogP contribution in [0, 0.1) is 6.92 Å². The molecule has 0 aliphatic rings. The molecule has 0 spiro atoms. The molecule has 1 heterocycles. The smallest absolute Gasteiger partial charge is 0.259 e. The van der Waals surface area contributed by atoms with Crippen molar-refractivity contribution in [3.8, 4) is 5.75 Å². The Hall–Kier alpha value is -2.56. The zero-order valence-corrected chi connectivity index (χ0v) is 10.8. The quantitative estimate of drug-likeness (QED) is 0.827. The molecule has 1 aromatic carbocycles. The summed E-state index contributed by atoms with van der Waals surface area (Å²) in [5.74, 6) is 0.169. The Morgan fingerprint density at radius 1 is 1.37 bits per heavy atom. The highest BCUT2D eigenvalue weighted by Crippen LogP contribution is 2.20. The zero-order chi connectivity index (χ0) is 13.8. The monoisotopic (exact) mass is 257 g/mol. The van der Waals surface area contributed by atoms with Crippen LogP contribution >= 0.6 is 0 Å². The Labute approximate surface area is 111 Å². The maximum Gasteiger partial charge on any atom is 0.259 e. The molecule has 0 bridgehead atoms. The molecule has 5 heteroatoms. The van der Waals surface area contributed by atoms with Crippen molar-refractivity contribution in [1.29, 1.82) is 0 Å². The van der Waals surface area contributed by atoms with Crippen molar-refractivity contribution in [2.24, 2.45) is 0 Å². The van der Waals surface area contributed by atoms with E-state index in [-0.39, 0.29) is 5.91 Å². The zero-order valence-electron chi connectivity index (χ0n) is 10.8. The summed E-state index contributed by atoms with van der Waals surface area (Å²) in [6.07, 6.45) is 3.04. The molecule has 0 radical (unpaired) electrons. The Balaban J connectivity index is 2.23. The number of aromatic nitrogens is 1. The molecular weight excluding hydrogens is 242 g/mol. The van der Waals surface area contributed by atoms with Crippen LogP contribution in [-0.2, 0) is 0 Å². The SMILES string of the molecule is COc1cnccc1C(=O)Nc1ccc(C)c(N)c1. The van der Waals surface area contributed by atoms with E-state index in [4.69, 9.17) is 10.5 Å². The fourth-order valence-corrected chi connectivity index (χ4v) is 1.65. The normalized spacial score (nSPS) is 10.0. The summed E-state index contributed by atoms with van der Waals surface area (Å²) in [6, 6.07) is 6.98. The topological polar surface area (TPSA) is 77.2 Å². The van der Waals surface area contributed by atoms with E-state index >= 15 is 0 Å². The van der Waals surface area contributed by atoms with Gasteiger partial charge in [-0.15, -0.1) is 0 Å². The third-order valence-electron chi connectivity index (χ3n) is 2.79. The molecule has 5 nitrogen and oxygen atoms in total. The predicted octanol–water partition coefficient (Wildman–Crippen LogP) is 2.23. The molecule has 1 aromatic heterocycles. The van der Waals surface area contributed by atoms with Crippen LogP contribution < -0.4 is 15.8 Å². The van der Waals surface area contributed by atoms with Gasteiger partial charge in [-0.3, -0.25) is 9.78 Å². The summed E-state index contributed by atoms with van der Waals surface area (Å²) in [5, 5.41) is 2.77. The first kappa shape index (κ1) is 12.9. The van der Waals surface area contributed by atoms with Crippen LogP contribution in [0.5, 0.6) is 5.75 Å². The number of carbonyl (C=O) groups is 1. The number of carbonyl (C=O) groups excluding carboxylic acids is 1. The summed E-state index contributed by atoms with van der Waals surface area (Å²) < 4.78 is 5.10. The van der Waals surface area contributed by atoms with Crippen LogP contribution in [0.1, 0.15) is 15.9 Å². The third-order valence-corrected chi connectivity index (χ3v) is 2.79. The first-order chi connectivity index (χ1) is 9.11. The van der Waals surface area contributed by atoms with E-state index in [0.717, 1.165) is 5.56 Å². The summed E-state index contributed by atoms with van der Waals surface area (Å²) in [5.41, 5.74) is 8.49. The molecule has 1 amide bonds. The van der Waals surface area contributed by atoms with Gasteiger partial charge in [0.15, 0.2) is 0 Å². The first-order valence-corrected chi connectivity index (χ1v) is 5.77. The minimum Gasteiger partial charge on any atom is -0.494 e. The Kier molecular flexibility index (Phi) is 3.66. The first-order valence-electron chi connectivity index (χ1n) is 5.77. The molecule has 2 aromatic rings. The van der Waals surface area contributed by atoms with Gasteiger partial charge >= 0.3 is 0 Å². The van der Waals surface area contributed by atoms with Crippen molar-refractivity contribution in [2.75, 3.05) is 18.2 Å². The van der Waals surface area contributed by atoms with Crippen molar-refractivity contribution in [1.82, 2.24) is 4.98 Å². The number of nitrogens with zero attached hydrogens (tertiary/aromatic N) is 1. The van der Waals surface area contributed by atoms with E-state index in [0.29, 0.717) is 22.7 Å². The van der Waals surface area contributed by atoms with Crippen LogP contribution in [0.2, 0.25) is 0 Å². The van der Waals surface area contributed by atoms with E-state index in [9.17, 15) is 4.79 Å². The van der Waals surface area contributed by atoms with Gasteiger partial charge in [0.1, 0.15) is 5.75 Å². The van der Waals surface area contributed by atoms with Gasteiger partial charge in [0, 0.05) is 17.6 Å². The van der Waals surface area contributed by atoms with Gasteiger partial charge in [0.2, 0.25) is 0 Å². The minimum absolute atomic E-state index is 0.262. The van der Waals surface area contributed by atoms with Gasteiger partial charge in [-0.25, -0.2) is 0 Å². The predicted molar refractivity (Wildman–Crippen MR) is 74.3 cm³/mol. The third kappa shape index (κ3) is 2.82. The lowest BCUT2D eigenvalue weighted by Crippen LogP contribution is -2.13. The molecule has 2 rings (SSSR count). The highest BCUT2D eigenvalue weighted by Gasteiger charge is 2.12. The van der Waals surface area contributed by atoms with Crippen molar-refractivity contribution in [3.05, 3.63) is 47.8 Å². The number of pyridine rings is 1. The lowest BCUT2D eigenvalue weighted by atomic mass is 10.1. The number of aryl methyl sites for hydroxylation is 1. The van der Waals surface area contributed by atoms with Crippen molar-refractivity contribution < 1.29 is 9.53 Å². The molecule has 0 aliphatic carbocycles. The number of anilines is 2. The largest absolute Gasteiger partial charge is 0.494 e. The van der Waals surface area contributed by atoms with Gasteiger partial charge in [-0.1, -0.05) is 6.07 Å². The summed E-state index contributed by atoms with van der Waals surface area (Å²) >= 11 is 0. The minimum atomic E-state index is -0.262. The number of hydrogen-bond donors (Lipinski definition) is 2. The standard InChI is InChI=1S/C14H15N3O2/c1-9-3-4-10(7-12(9)15)17-14(18)11-5-6-16-8-13(11)19-2/h3-8H,15H2,1-2H3,(H,17,18). The molecule has 0 atom stereocenters. The fraction of sp³-hybridized carbons (Fsp3) is 0.143. The number of methoxy groups -OCH3 is 1. The van der Waals surface area contributed by atoms with Gasteiger partial charge in [-0.05, 0) is 30.7 Å². The van der Waals surface area contributed by atoms with E-state index < -0.39 is 0 Å². The summed E-state index contributed by atoms with van der Waals surface area (Å²) in [6.45, 7) is 1.91. The second kappa shape index (κ2) is 5.39. The number of ether oxygens (including phenoxy) is 1. The molecule has 0 saturated heterocycles. The van der Waals surface area contributed by atoms with Gasteiger partial charge in [-0.2, -0.15) is 0 Å². The molecule has 0 unspecified atom stereocenters. The van der Waals surface area contributed by atoms with E-state index in [1.54, 1.807) is 24.4 Å². The lowest BCUT2D eigenvalue weighted by molar-refractivity contribution is 0.102. The van der Waals surface area contributed by atoms with Gasteiger partial charge in [0.25, 0.3) is 5.91 Å². The Bertz CT molecular complexity index is 611. The number of rotatable bonds is 3. The maximum atomic E-state index is 12.1.